The van der Waals surface area contributed by atoms with Crippen molar-refractivity contribution >= 4 is 0 Å². The first-order valence-corrected chi connectivity index (χ1v) is 8.13. The normalized spacial score (nSPS) is 15.7. The van der Waals surface area contributed by atoms with Crippen LogP contribution >= 0.6 is 0 Å². The molecular weight excluding hydrogens is 291 g/mol. The first kappa shape index (κ1) is 16.1. The summed E-state index contributed by atoms with van der Waals surface area (Å²) in [4.78, 5) is 2.41. The number of hydrogen-bond donors (Lipinski definition) is 1. The Labute approximate surface area is 137 Å². The van der Waals surface area contributed by atoms with Gasteiger partial charge in [-0.2, -0.15) is 0 Å². The van der Waals surface area contributed by atoms with Gasteiger partial charge in [0.2, 0.25) is 0 Å². The second kappa shape index (κ2) is 8.20. The highest BCUT2D eigenvalue weighted by Gasteiger charge is 2.10. The van der Waals surface area contributed by atoms with Crippen molar-refractivity contribution in [2.45, 2.75) is 19.6 Å². The van der Waals surface area contributed by atoms with E-state index in [4.69, 9.17) is 4.74 Å². The van der Waals surface area contributed by atoms with Crippen LogP contribution in [0.2, 0.25) is 0 Å². The van der Waals surface area contributed by atoms with Crippen LogP contribution < -0.4 is 5.32 Å². The Kier molecular flexibility index (Phi) is 5.75. The lowest BCUT2D eigenvalue weighted by Gasteiger charge is -2.26. The second-order valence-corrected chi connectivity index (χ2v) is 5.90. The largest absolute Gasteiger partial charge is 0.379 e. The molecule has 0 unspecified atom stereocenters. The monoisotopic (exact) mass is 314 g/mol. The van der Waals surface area contributed by atoms with E-state index in [1.165, 1.54) is 17.2 Å². The molecule has 23 heavy (non-hydrogen) atoms. The lowest BCUT2D eigenvalue weighted by molar-refractivity contribution is 0.0342. The molecule has 2 aromatic rings. The Hall–Kier alpha value is -1.75. The van der Waals surface area contributed by atoms with Gasteiger partial charge in [0.25, 0.3) is 0 Å². The maximum Gasteiger partial charge on any atom is 0.127 e. The van der Waals surface area contributed by atoms with E-state index in [-0.39, 0.29) is 5.82 Å². The van der Waals surface area contributed by atoms with E-state index >= 15 is 0 Å². The molecule has 0 radical (unpaired) electrons. The van der Waals surface area contributed by atoms with Gasteiger partial charge >= 0.3 is 0 Å². The number of halogens is 1. The SMILES string of the molecule is Fc1ccccc1CNCc1ccc(CN2CCOCC2)cc1. The molecule has 1 saturated heterocycles. The van der Waals surface area contributed by atoms with Crippen molar-refractivity contribution in [1.29, 1.82) is 0 Å². The predicted octanol–water partition coefficient (Wildman–Crippen LogP) is 2.95. The molecule has 4 heteroatoms. The summed E-state index contributed by atoms with van der Waals surface area (Å²) in [6.45, 7) is 5.94. The van der Waals surface area contributed by atoms with E-state index in [1.807, 2.05) is 12.1 Å². The van der Waals surface area contributed by atoms with Gasteiger partial charge in [-0.3, -0.25) is 4.90 Å². The Morgan fingerprint density at radius 1 is 0.913 bits per heavy atom. The number of morpholine rings is 1. The van der Waals surface area contributed by atoms with Gasteiger partial charge in [0.15, 0.2) is 0 Å². The van der Waals surface area contributed by atoms with Gasteiger partial charge in [0.05, 0.1) is 13.2 Å². The van der Waals surface area contributed by atoms with Crippen molar-refractivity contribution in [1.82, 2.24) is 10.2 Å². The van der Waals surface area contributed by atoms with Crippen LogP contribution in [0.4, 0.5) is 4.39 Å². The number of benzene rings is 2. The van der Waals surface area contributed by atoms with Crippen LogP contribution in [0.15, 0.2) is 48.5 Å². The molecule has 2 aromatic carbocycles. The predicted molar refractivity (Wildman–Crippen MR) is 89.5 cm³/mol. The van der Waals surface area contributed by atoms with Crippen LogP contribution in [-0.2, 0) is 24.4 Å². The van der Waals surface area contributed by atoms with Gasteiger partial charge < -0.3 is 10.1 Å². The van der Waals surface area contributed by atoms with E-state index in [0.29, 0.717) is 12.1 Å². The van der Waals surface area contributed by atoms with E-state index < -0.39 is 0 Å². The maximum atomic E-state index is 13.5. The zero-order valence-electron chi connectivity index (χ0n) is 13.3. The van der Waals surface area contributed by atoms with Gasteiger partial charge in [0, 0.05) is 38.3 Å². The lowest BCUT2D eigenvalue weighted by Crippen LogP contribution is -2.35. The minimum Gasteiger partial charge on any atom is -0.379 e. The summed E-state index contributed by atoms with van der Waals surface area (Å²) in [7, 11) is 0. The van der Waals surface area contributed by atoms with Crippen LogP contribution in [0.3, 0.4) is 0 Å². The molecule has 3 nitrogen and oxygen atoms in total. The Balaban J connectivity index is 1.46. The summed E-state index contributed by atoms with van der Waals surface area (Å²) in [6, 6.07) is 15.5. The molecule has 3 rings (SSSR count). The summed E-state index contributed by atoms with van der Waals surface area (Å²) < 4.78 is 18.9. The molecule has 1 aliphatic heterocycles. The molecule has 0 bridgehead atoms. The molecule has 1 heterocycles. The van der Waals surface area contributed by atoms with Gasteiger partial charge in [-0.15, -0.1) is 0 Å². The number of nitrogens with one attached hydrogen (secondary N) is 1. The molecule has 122 valence electrons. The number of hydrogen-bond acceptors (Lipinski definition) is 3. The van der Waals surface area contributed by atoms with Gasteiger partial charge in [0.1, 0.15) is 5.82 Å². The zero-order chi connectivity index (χ0) is 15.9. The average Bonchev–Trinajstić information content (AvgIpc) is 2.59. The second-order valence-electron chi connectivity index (χ2n) is 5.90. The van der Waals surface area contributed by atoms with E-state index in [1.54, 1.807) is 6.07 Å². The third kappa shape index (κ3) is 4.86. The molecular formula is C19H23FN2O. The lowest BCUT2D eigenvalue weighted by atomic mass is 10.1. The third-order valence-corrected chi connectivity index (χ3v) is 4.14. The number of nitrogens with zero attached hydrogens (tertiary/aromatic N) is 1. The fraction of sp³-hybridized carbons (Fsp3) is 0.368. The summed E-state index contributed by atoms with van der Waals surface area (Å²) in [5, 5.41) is 3.29. The quantitative estimate of drug-likeness (QED) is 0.887. The average molecular weight is 314 g/mol. The smallest absolute Gasteiger partial charge is 0.127 e. The fourth-order valence-electron chi connectivity index (χ4n) is 2.76. The minimum absolute atomic E-state index is 0.152. The standard InChI is InChI=1S/C19H23FN2O/c20-19-4-2-1-3-18(19)14-21-13-16-5-7-17(8-6-16)15-22-9-11-23-12-10-22/h1-8,21H,9-15H2. The molecule has 0 atom stereocenters. The van der Waals surface area contributed by atoms with Crippen LogP contribution in [-0.4, -0.2) is 31.2 Å². The highest BCUT2D eigenvalue weighted by Crippen LogP contribution is 2.10. The molecule has 1 aliphatic rings. The van der Waals surface area contributed by atoms with E-state index in [0.717, 1.165) is 39.4 Å². The van der Waals surface area contributed by atoms with Gasteiger partial charge in [-0.25, -0.2) is 4.39 Å². The van der Waals surface area contributed by atoms with Gasteiger partial charge in [-0.1, -0.05) is 42.5 Å². The molecule has 1 fully saturated rings. The third-order valence-electron chi connectivity index (χ3n) is 4.14. The van der Waals surface area contributed by atoms with Crippen LogP contribution in [0.5, 0.6) is 0 Å². The highest BCUT2D eigenvalue weighted by molar-refractivity contribution is 5.23. The summed E-state index contributed by atoms with van der Waals surface area (Å²) in [5.74, 6) is -0.152. The zero-order valence-corrected chi connectivity index (χ0v) is 13.3. The molecule has 0 amide bonds. The Morgan fingerprint density at radius 2 is 1.61 bits per heavy atom. The van der Waals surface area contributed by atoms with Crippen molar-refractivity contribution < 1.29 is 9.13 Å². The number of rotatable bonds is 6. The van der Waals surface area contributed by atoms with E-state index in [2.05, 4.69) is 34.5 Å². The van der Waals surface area contributed by atoms with Gasteiger partial charge in [-0.05, 0) is 17.2 Å². The molecule has 0 saturated carbocycles. The molecule has 1 N–H and O–H groups in total. The Morgan fingerprint density at radius 3 is 2.35 bits per heavy atom. The van der Waals surface area contributed by atoms with E-state index in [9.17, 15) is 4.39 Å². The highest BCUT2D eigenvalue weighted by atomic mass is 19.1. The van der Waals surface area contributed by atoms with Crippen molar-refractivity contribution in [3.63, 3.8) is 0 Å². The van der Waals surface area contributed by atoms with Crippen LogP contribution in [0, 0.1) is 5.82 Å². The number of ether oxygens (including phenoxy) is 1. The maximum absolute atomic E-state index is 13.5. The Bertz CT molecular complexity index is 609. The van der Waals surface area contributed by atoms with Crippen molar-refractivity contribution in [2.24, 2.45) is 0 Å². The van der Waals surface area contributed by atoms with Crippen LogP contribution in [0.1, 0.15) is 16.7 Å². The van der Waals surface area contributed by atoms with Crippen LogP contribution in [0.25, 0.3) is 0 Å². The summed E-state index contributed by atoms with van der Waals surface area (Å²) in [5.41, 5.74) is 3.24. The molecule has 0 aromatic heterocycles. The topological polar surface area (TPSA) is 24.5 Å². The first-order chi connectivity index (χ1) is 11.3. The summed E-state index contributed by atoms with van der Waals surface area (Å²) >= 11 is 0. The van der Waals surface area contributed by atoms with Crippen molar-refractivity contribution in [2.75, 3.05) is 26.3 Å². The molecule has 0 aliphatic carbocycles. The molecule has 0 spiro atoms. The van der Waals surface area contributed by atoms with Crippen molar-refractivity contribution in [3.05, 3.63) is 71.0 Å². The first-order valence-electron chi connectivity index (χ1n) is 8.13. The fourth-order valence-corrected chi connectivity index (χ4v) is 2.76. The minimum atomic E-state index is -0.152. The summed E-state index contributed by atoms with van der Waals surface area (Å²) in [6.07, 6.45) is 0. The van der Waals surface area contributed by atoms with Crippen molar-refractivity contribution in [3.8, 4) is 0 Å².